The first kappa shape index (κ1) is 13.2. The van der Waals surface area contributed by atoms with Gasteiger partial charge in [0.15, 0.2) is 0 Å². The summed E-state index contributed by atoms with van der Waals surface area (Å²) in [5, 5.41) is 3.36. The van der Waals surface area contributed by atoms with E-state index in [0.717, 1.165) is 0 Å². The lowest BCUT2D eigenvalue weighted by atomic mass is 10.1. The van der Waals surface area contributed by atoms with E-state index in [1.807, 2.05) is 0 Å². The lowest BCUT2D eigenvalue weighted by Gasteiger charge is -2.08. The van der Waals surface area contributed by atoms with Crippen molar-refractivity contribution in [1.82, 2.24) is 9.97 Å². The molecule has 5 heteroatoms. The normalized spacial score (nSPS) is 10.6. The maximum Gasteiger partial charge on any atom is 0.257 e. The molecule has 104 valence electrons. The maximum atomic E-state index is 13.3. The van der Waals surface area contributed by atoms with Gasteiger partial charge < -0.3 is 5.32 Å². The van der Waals surface area contributed by atoms with Gasteiger partial charge in [0, 0.05) is 23.5 Å². The highest BCUT2D eigenvalue weighted by Crippen LogP contribution is 2.19. The third kappa shape index (κ3) is 2.72. The molecule has 0 aliphatic heterocycles. The van der Waals surface area contributed by atoms with Crippen LogP contribution < -0.4 is 5.32 Å². The van der Waals surface area contributed by atoms with E-state index < -0.39 is 0 Å². The highest BCUT2D eigenvalue weighted by atomic mass is 19.1. The van der Waals surface area contributed by atoms with E-state index in [1.165, 1.54) is 12.1 Å². The van der Waals surface area contributed by atoms with Crippen molar-refractivity contribution in [3.8, 4) is 0 Å². The van der Waals surface area contributed by atoms with Crippen molar-refractivity contribution in [1.29, 1.82) is 0 Å². The van der Waals surface area contributed by atoms with E-state index in [0.29, 0.717) is 27.8 Å². The van der Waals surface area contributed by atoms with Crippen LogP contribution in [0.15, 0.2) is 48.8 Å². The van der Waals surface area contributed by atoms with E-state index >= 15 is 0 Å². The number of amides is 1. The molecule has 1 N–H and O–H groups in total. The van der Waals surface area contributed by atoms with Gasteiger partial charge in [-0.15, -0.1) is 0 Å². The average molecular weight is 281 g/mol. The van der Waals surface area contributed by atoms with Gasteiger partial charge in [0.25, 0.3) is 5.91 Å². The van der Waals surface area contributed by atoms with Gasteiger partial charge in [0.1, 0.15) is 5.82 Å². The van der Waals surface area contributed by atoms with Crippen LogP contribution in [-0.2, 0) is 0 Å². The van der Waals surface area contributed by atoms with Gasteiger partial charge in [-0.3, -0.25) is 14.8 Å². The Morgan fingerprint density at radius 2 is 1.90 bits per heavy atom. The first-order chi connectivity index (χ1) is 10.1. The number of nitrogens with zero attached hydrogens (tertiary/aromatic N) is 2. The van der Waals surface area contributed by atoms with Gasteiger partial charge in [-0.05, 0) is 43.3 Å². The fourth-order valence-corrected chi connectivity index (χ4v) is 2.11. The highest BCUT2D eigenvalue weighted by molar-refractivity contribution is 6.06. The molecule has 0 saturated carbocycles. The van der Waals surface area contributed by atoms with E-state index in [2.05, 4.69) is 15.3 Å². The van der Waals surface area contributed by atoms with Crippen LogP contribution in [0.5, 0.6) is 0 Å². The summed E-state index contributed by atoms with van der Waals surface area (Å²) in [4.78, 5) is 20.5. The number of hydrogen-bond donors (Lipinski definition) is 1. The predicted octanol–water partition coefficient (Wildman–Crippen LogP) is 3.33. The second kappa shape index (κ2) is 5.28. The number of aromatic nitrogens is 2. The zero-order chi connectivity index (χ0) is 14.8. The lowest BCUT2D eigenvalue weighted by molar-refractivity contribution is 0.102. The number of anilines is 1. The number of rotatable bonds is 2. The monoisotopic (exact) mass is 281 g/mol. The fourth-order valence-electron chi connectivity index (χ4n) is 2.11. The summed E-state index contributed by atoms with van der Waals surface area (Å²) < 4.78 is 13.3. The molecule has 3 rings (SSSR count). The average Bonchev–Trinajstić information content (AvgIpc) is 2.48. The summed E-state index contributed by atoms with van der Waals surface area (Å²) in [6.45, 7) is 1.75. The Morgan fingerprint density at radius 3 is 2.67 bits per heavy atom. The highest BCUT2D eigenvalue weighted by Gasteiger charge is 2.12. The number of carbonyl (C=O) groups is 1. The van der Waals surface area contributed by atoms with E-state index in [9.17, 15) is 9.18 Å². The molecule has 0 spiro atoms. The first-order valence-electron chi connectivity index (χ1n) is 6.42. The Balaban J connectivity index is 1.99. The van der Waals surface area contributed by atoms with Crippen LogP contribution >= 0.6 is 0 Å². The van der Waals surface area contributed by atoms with Crippen LogP contribution in [0.3, 0.4) is 0 Å². The molecule has 0 saturated heterocycles. The third-order valence-electron chi connectivity index (χ3n) is 3.15. The maximum absolute atomic E-state index is 13.3. The van der Waals surface area contributed by atoms with Crippen molar-refractivity contribution in [2.75, 3.05) is 5.32 Å². The van der Waals surface area contributed by atoms with Gasteiger partial charge >= 0.3 is 0 Å². The topological polar surface area (TPSA) is 54.9 Å². The number of pyridine rings is 2. The number of hydrogen-bond acceptors (Lipinski definition) is 3. The molecule has 1 aromatic carbocycles. The molecular weight excluding hydrogens is 269 g/mol. The van der Waals surface area contributed by atoms with Gasteiger partial charge in [-0.1, -0.05) is 0 Å². The van der Waals surface area contributed by atoms with Crippen LogP contribution in [0.4, 0.5) is 10.1 Å². The molecule has 21 heavy (non-hydrogen) atoms. The Kier molecular flexibility index (Phi) is 3.31. The van der Waals surface area contributed by atoms with E-state index in [4.69, 9.17) is 0 Å². The number of nitrogens with one attached hydrogen (secondary N) is 1. The van der Waals surface area contributed by atoms with Crippen molar-refractivity contribution in [2.45, 2.75) is 6.92 Å². The Labute approximate surface area is 120 Å². The number of halogens is 1. The zero-order valence-electron chi connectivity index (χ0n) is 11.3. The zero-order valence-corrected chi connectivity index (χ0v) is 11.3. The fraction of sp³-hybridized carbons (Fsp3) is 0.0625. The van der Waals surface area contributed by atoms with Crippen molar-refractivity contribution in [3.63, 3.8) is 0 Å². The van der Waals surface area contributed by atoms with Gasteiger partial charge in [0.2, 0.25) is 0 Å². The van der Waals surface area contributed by atoms with Crippen molar-refractivity contribution < 1.29 is 9.18 Å². The smallest absolute Gasteiger partial charge is 0.257 e. The van der Waals surface area contributed by atoms with Crippen LogP contribution in [0.2, 0.25) is 0 Å². The molecule has 0 radical (unpaired) electrons. The largest absolute Gasteiger partial charge is 0.322 e. The second-order valence-electron chi connectivity index (χ2n) is 4.65. The molecule has 2 heterocycles. The van der Waals surface area contributed by atoms with Crippen LogP contribution in [0, 0.1) is 12.7 Å². The molecule has 3 aromatic rings. The number of aryl methyl sites for hydroxylation is 1. The minimum Gasteiger partial charge on any atom is -0.322 e. The number of carbonyl (C=O) groups excluding carboxylic acids is 1. The molecule has 0 fully saturated rings. The van der Waals surface area contributed by atoms with Crippen LogP contribution in [-0.4, -0.2) is 15.9 Å². The summed E-state index contributed by atoms with van der Waals surface area (Å²) in [5.41, 5.74) is 2.33. The lowest BCUT2D eigenvalue weighted by Crippen LogP contribution is -2.14. The SMILES string of the molecule is Cc1nc2ccc(F)cc2cc1C(=O)Nc1ccncc1. The van der Waals surface area contributed by atoms with Gasteiger partial charge in [0.05, 0.1) is 16.8 Å². The first-order valence-corrected chi connectivity index (χ1v) is 6.42. The third-order valence-corrected chi connectivity index (χ3v) is 3.15. The summed E-state index contributed by atoms with van der Waals surface area (Å²) in [7, 11) is 0. The quantitative estimate of drug-likeness (QED) is 0.784. The van der Waals surface area contributed by atoms with E-state index in [-0.39, 0.29) is 11.7 Å². The number of benzene rings is 1. The Bertz CT molecular complexity index is 818. The molecule has 0 aliphatic carbocycles. The Hall–Kier alpha value is -2.82. The standard InChI is InChI=1S/C16H12FN3O/c1-10-14(16(21)20-13-4-6-18-7-5-13)9-11-8-12(17)2-3-15(11)19-10/h2-9H,1H3,(H,18,20,21). The molecule has 2 aromatic heterocycles. The minimum atomic E-state index is -0.353. The summed E-state index contributed by atoms with van der Waals surface area (Å²) in [6, 6.07) is 9.36. The molecule has 1 amide bonds. The van der Waals surface area contributed by atoms with E-state index in [1.54, 1.807) is 43.6 Å². The molecule has 0 atom stereocenters. The second-order valence-corrected chi connectivity index (χ2v) is 4.65. The summed E-state index contributed by atoms with van der Waals surface area (Å²) in [5.74, 6) is -0.633. The molecule has 0 unspecified atom stereocenters. The molecule has 4 nitrogen and oxygen atoms in total. The number of fused-ring (bicyclic) bond motifs is 1. The van der Waals surface area contributed by atoms with Gasteiger partial charge in [-0.2, -0.15) is 0 Å². The van der Waals surface area contributed by atoms with Crippen LogP contribution in [0.25, 0.3) is 10.9 Å². The van der Waals surface area contributed by atoms with Crippen molar-refractivity contribution in [2.24, 2.45) is 0 Å². The molecular formula is C16H12FN3O. The van der Waals surface area contributed by atoms with Gasteiger partial charge in [-0.25, -0.2) is 4.39 Å². The Morgan fingerprint density at radius 1 is 1.14 bits per heavy atom. The minimum absolute atomic E-state index is 0.280. The predicted molar refractivity (Wildman–Crippen MR) is 78.6 cm³/mol. The van der Waals surface area contributed by atoms with Crippen LogP contribution in [0.1, 0.15) is 16.1 Å². The van der Waals surface area contributed by atoms with Crippen molar-refractivity contribution in [3.05, 3.63) is 65.9 Å². The molecule has 0 aliphatic rings. The summed E-state index contributed by atoms with van der Waals surface area (Å²) in [6.07, 6.45) is 3.19. The van der Waals surface area contributed by atoms with Crippen molar-refractivity contribution >= 4 is 22.5 Å². The molecule has 0 bridgehead atoms. The summed E-state index contributed by atoms with van der Waals surface area (Å²) >= 11 is 0.